The smallest absolute Gasteiger partial charge is 0.262 e. The Balaban J connectivity index is 1.88. The zero-order valence-electron chi connectivity index (χ0n) is 14.6. The fraction of sp³-hybridized carbons (Fsp3) is 0.0952. The van der Waals surface area contributed by atoms with Crippen molar-refractivity contribution in [3.8, 4) is 11.6 Å². The van der Waals surface area contributed by atoms with Gasteiger partial charge in [0.15, 0.2) is 4.77 Å². The summed E-state index contributed by atoms with van der Waals surface area (Å²) < 4.78 is 1.60. The Morgan fingerprint density at radius 1 is 1.19 bits per heavy atom. The van der Waals surface area contributed by atoms with Crippen LogP contribution in [0.15, 0.2) is 58.3 Å². The van der Waals surface area contributed by atoms with Gasteiger partial charge in [0.2, 0.25) is 5.88 Å². The van der Waals surface area contributed by atoms with E-state index in [1.54, 1.807) is 12.3 Å². The summed E-state index contributed by atoms with van der Waals surface area (Å²) in [4.78, 5) is 19.4. The molecule has 2 N–H and O–H groups in total. The maximum absolute atomic E-state index is 12.5. The number of H-pyrrole nitrogens is 1. The molecular formula is C21H17N3O2S. The lowest BCUT2D eigenvalue weighted by Gasteiger charge is -2.12. The van der Waals surface area contributed by atoms with E-state index in [9.17, 15) is 9.90 Å². The van der Waals surface area contributed by atoms with Crippen molar-refractivity contribution in [1.29, 1.82) is 0 Å². The van der Waals surface area contributed by atoms with Crippen LogP contribution in [0.3, 0.4) is 0 Å². The van der Waals surface area contributed by atoms with Crippen LogP contribution in [0, 0.1) is 4.77 Å². The van der Waals surface area contributed by atoms with Gasteiger partial charge in [0.25, 0.3) is 5.56 Å². The maximum Gasteiger partial charge on any atom is 0.262 e. The van der Waals surface area contributed by atoms with Gasteiger partial charge in [-0.05, 0) is 48.5 Å². The van der Waals surface area contributed by atoms with E-state index in [2.05, 4.69) is 16.9 Å². The number of benzene rings is 2. The van der Waals surface area contributed by atoms with Crippen LogP contribution in [0.5, 0.6) is 5.88 Å². The number of nitrogens with zero attached hydrogens (tertiary/aromatic N) is 2. The van der Waals surface area contributed by atoms with Crippen molar-refractivity contribution in [2.24, 2.45) is 4.99 Å². The zero-order chi connectivity index (χ0) is 19.0. The fourth-order valence-corrected chi connectivity index (χ4v) is 3.38. The predicted octanol–water partition coefficient (Wildman–Crippen LogP) is 4.42. The highest BCUT2D eigenvalue weighted by atomic mass is 32.1. The van der Waals surface area contributed by atoms with Crippen LogP contribution >= 0.6 is 12.2 Å². The van der Waals surface area contributed by atoms with E-state index in [0.29, 0.717) is 5.69 Å². The fourth-order valence-electron chi connectivity index (χ4n) is 3.10. The highest BCUT2D eigenvalue weighted by Crippen LogP contribution is 2.33. The summed E-state index contributed by atoms with van der Waals surface area (Å²) in [7, 11) is 0. The second-order valence-electron chi connectivity index (χ2n) is 6.23. The lowest BCUT2D eigenvalue weighted by molar-refractivity contribution is 0.432. The van der Waals surface area contributed by atoms with Gasteiger partial charge in [0, 0.05) is 17.4 Å². The van der Waals surface area contributed by atoms with Gasteiger partial charge in [-0.15, -0.1) is 0 Å². The number of allylic oxidation sites excluding steroid dienone is 1. The molecule has 0 spiro atoms. The number of rotatable bonds is 3. The molecule has 1 aliphatic rings. The quantitative estimate of drug-likeness (QED) is 0.666. The average Bonchev–Trinajstić information content (AvgIpc) is 3.08. The zero-order valence-corrected chi connectivity index (χ0v) is 15.5. The number of aromatic nitrogens is 2. The van der Waals surface area contributed by atoms with Crippen molar-refractivity contribution in [3.63, 3.8) is 0 Å². The molecular weight excluding hydrogens is 358 g/mol. The van der Waals surface area contributed by atoms with Crippen LogP contribution in [0.4, 0.5) is 5.69 Å². The number of para-hydroxylation sites is 1. The summed E-state index contributed by atoms with van der Waals surface area (Å²) in [6, 6.07) is 15.3. The second kappa shape index (κ2) is 6.81. The first-order chi connectivity index (χ1) is 13.1. The predicted molar refractivity (Wildman–Crippen MR) is 111 cm³/mol. The first kappa shape index (κ1) is 17.2. The highest BCUT2D eigenvalue weighted by molar-refractivity contribution is 7.71. The normalized spacial score (nSPS) is 13.9. The molecule has 1 aliphatic heterocycles. The third-order valence-electron chi connectivity index (χ3n) is 4.58. The lowest BCUT2D eigenvalue weighted by atomic mass is 10.1. The molecule has 0 amide bonds. The molecule has 0 saturated carbocycles. The molecule has 0 radical (unpaired) electrons. The molecule has 6 heteroatoms. The van der Waals surface area contributed by atoms with Gasteiger partial charge in [-0.3, -0.25) is 19.3 Å². The Bertz CT molecular complexity index is 1200. The highest BCUT2D eigenvalue weighted by Gasteiger charge is 2.16. The standard InChI is InChI=1S/C21H17N3O2S/c1-2-13-7-9-15(10-8-13)24-20(26)17(19(25)23-21(24)27)11-14-12-22-18-6-4-3-5-16(14)18/h3-12,26H,2H2,1H3,(H,23,25,27). The molecule has 0 bridgehead atoms. The van der Waals surface area contributed by atoms with Gasteiger partial charge < -0.3 is 5.11 Å². The monoisotopic (exact) mass is 375 g/mol. The van der Waals surface area contributed by atoms with Crippen molar-refractivity contribution in [3.05, 3.63) is 80.3 Å². The van der Waals surface area contributed by atoms with Gasteiger partial charge in [-0.2, -0.15) is 0 Å². The lowest BCUT2D eigenvalue weighted by Crippen LogP contribution is -2.16. The number of hydrogen-bond acceptors (Lipinski definition) is 4. The molecule has 4 rings (SSSR count). The molecule has 1 aromatic heterocycles. The van der Waals surface area contributed by atoms with E-state index in [0.717, 1.165) is 23.2 Å². The first-order valence-corrected chi connectivity index (χ1v) is 9.02. The van der Waals surface area contributed by atoms with Crippen molar-refractivity contribution >= 4 is 35.8 Å². The number of hydrogen-bond donors (Lipinski definition) is 2. The Labute approximate surface area is 161 Å². The van der Waals surface area contributed by atoms with E-state index in [4.69, 9.17) is 12.2 Å². The number of aryl methyl sites for hydroxylation is 1. The van der Waals surface area contributed by atoms with E-state index in [1.165, 1.54) is 10.1 Å². The molecule has 134 valence electrons. The van der Waals surface area contributed by atoms with Crippen molar-refractivity contribution < 1.29 is 5.11 Å². The molecule has 0 unspecified atom stereocenters. The summed E-state index contributed by atoms with van der Waals surface area (Å²) in [5.41, 5.74) is 4.07. The number of aromatic hydroxyl groups is 1. The number of fused-ring (bicyclic) bond motifs is 1. The van der Waals surface area contributed by atoms with E-state index in [1.807, 2.05) is 48.5 Å². The van der Waals surface area contributed by atoms with Gasteiger partial charge in [-0.25, -0.2) is 0 Å². The van der Waals surface area contributed by atoms with Crippen LogP contribution < -0.4 is 5.56 Å². The van der Waals surface area contributed by atoms with E-state index >= 15 is 0 Å². The minimum absolute atomic E-state index is 0.140. The third kappa shape index (κ3) is 3.04. The van der Waals surface area contributed by atoms with Crippen molar-refractivity contribution in [2.45, 2.75) is 13.3 Å². The Hall–Kier alpha value is -3.25. The van der Waals surface area contributed by atoms with E-state index in [-0.39, 0.29) is 16.2 Å². The number of aromatic amines is 1. The Morgan fingerprint density at radius 3 is 2.67 bits per heavy atom. The van der Waals surface area contributed by atoms with Gasteiger partial charge in [0.1, 0.15) is 5.56 Å². The summed E-state index contributed by atoms with van der Waals surface area (Å²) in [5, 5.41) is 10.8. The summed E-state index contributed by atoms with van der Waals surface area (Å²) in [5.74, 6) is -0.196. The topological polar surface area (TPSA) is 70.4 Å². The number of aliphatic imine (C=N–C) groups is 1. The molecule has 27 heavy (non-hydrogen) atoms. The minimum atomic E-state index is -0.441. The van der Waals surface area contributed by atoms with Crippen LogP contribution in [0.25, 0.3) is 17.3 Å². The molecule has 3 aromatic rings. The summed E-state index contributed by atoms with van der Waals surface area (Å²) in [6.07, 6.45) is 4.24. The van der Waals surface area contributed by atoms with Crippen LogP contribution in [0.1, 0.15) is 23.6 Å². The van der Waals surface area contributed by atoms with Crippen molar-refractivity contribution in [1.82, 2.24) is 9.55 Å². The van der Waals surface area contributed by atoms with E-state index < -0.39 is 5.56 Å². The van der Waals surface area contributed by atoms with Gasteiger partial charge in [-0.1, -0.05) is 37.3 Å². The average molecular weight is 375 g/mol. The largest absolute Gasteiger partial charge is 0.494 e. The molecule has 0 atom stereocenters. The molecule has 2 heterocycles. The summed E-state index contributed by atoms with van der Waals surface area (Å²) >= 11 is 5.28. The van der Waals surface area contributed by atoms with Crippen LogP contribution in [-0.4, -0.2) is 20.9 Å². The maximum atomic E-state index is 12.5. The van der Waals surface area contributed by atoms with Crippen LogP contribution in [-0.2, 0) is 6.42 Å². The minimum Gasteiger partial charge on any atom is -0.494 e. The van der Waals surface area contributed by atoms with Crippen LogP contribution in [0.2, 0.25) is 0 Å². The second-order valence-corrected chi connectivity index (χ2v) is 6.61. The third-order valence-corrected chi connectivity index (χ3v) is 4.87. The SMILES string of the molecule is CCc1ccc(-n2c(O)c(C=C3C=Nc4ccccc43)c(=O)[nH]c2=S)cc1. The molecule has 5 nitrogen and oxygen atoms in total. The Kier molecular flexibility index (Phi) is 4.33. The summed E-state index contributed by atoms with van der Waals surface area (Å²) in [6.45, 7) is 2.07. The number of nitrogens with one attached hydrogen (secondary N) is 1. The first-order valence-electron chi connectivity index (χ1n) is 8.61. The molecule has 0 fully saturated rings. The molecule has 0 aliphatic carbocycles. The molecule has 2 aromatic carbocycles. The van der Waals surface area contributed by atoms with Gasteiger partial charge in [0.05, 0.1) is 11.4 Å². The Morgan fingerprint density at radius 2 is 1.93 bits per heavy atom. The van der Waals surface area contributed by atoms with Crippen molar-refractivity contribution in [2.75, 3.05) is 0 Å². The van der Waals surface area contributed by atoms with Gasteiger partial charge >= 0.3 is 0 Å². The molecule has 0 saturated heterocycles.